The molecule has 0 aliphatic carbocycles. The van der Waals surface area contributed by atoms with Crippen LogP contribution in [0.5, 0.6) is 0 Å². The van der Waals surface area contributed by atoms with Crippen LogP contribution in [-0.4, -0.2) is 45.1 Å². The van der Waals surface area contributed by atoms with Crippen LogP contribution in [0.2, 0.25) is 0 Å². The number of hydrogen-bond donors (Lipinski definition) is 2. The molecular formula is C25H26N2O4. The van der Waals surface area contributed by atoms with Gasteiger partial charge in [0.05, 0.1) is 18.0 Å². The smallest absolute Gasteiger partial charge is 0.306 e. The van der Waals surface area contributed by atoms with E-state index in [0.717, 1.165) is 33.3 Å². The number of hydrogen-bond acceptors (Lipinski definition) is 4. The monoisotopic (exact) mass is 418 g/mol. The number of aromatic nitrogens is 1. The van der Waals surface area contributed by atoms with E-state index >= 15 is 0 Å². The lowest BCUT2D eigenvalue weighted by molar-refractivity contribution is -0.143. The molecule has 0 radical (unpaired) electrons. The topological polar surface area (TPSA) is 90.7 Å². The number of likely N-dealkylation sites (tertiary alicyclic amines) is 1. The van der Waals surface area contributed by atoms with Crippen molar-refractivity contribution in [3.63, 3.8) is 0 Å². The summed E-state index contributed by atoms with van der Waals surface area (Å²) in [7, 11) is 0. The molecule has 0 unspecified atom stereocenters. The Morgan fingerprint density at radius 3 is 2.45 bits per heavy atom. The number of fused-ring (bicyclic) bond motifs is 1. The molecule has 0 atom stereocenters. The number of benzene rings is 2. The molecule has 6 heteroatoms. The molecule has 6 nitrogen and oxygen atoms in total. The Bertz CT molecular complexity index is 1130. The lowest BCUT2D eigenvalue weighted by Gasteiger charge is -2.30. The van der Waals surface area contributed by atoms with Crippen molar-refractivity contribution in [2.75, 3.05) is 13.1 Å². The number of carbonyl (C=O) groups excluding carboxylic acids is 1. The van der Waals surface area contributed by atoms with Gasteiger partial charge < -0.3 is 15.1 Å². The Morgan fingerprint density at radius 2 is 1.74 bits per heavy atom. The predicted molar refractivity (Wildman–Crippen MR) is 118 cm³/mol. The van der Waals surface area contributed by atoms with E-state index < -0.39 is 5.97 Å². The quantitative estimate of drug-likeness (QED) is 0.661. The zero-order valence-corrected chi connectivity index (χ0v) is 17.5. The molecule has 2 heterocycles. The van der Waals surface area contributed by atoms with E-state index in [0.29, 0.717) is 37.9 Å². The summed E-state index contributed by atoms with van der Waals surface area (Å²) in [6.45, 7) is 2.77. The number of aliphatic hydroxyl groups excluding tert-OH is 1. The molecule has 1 fully saturated rings. The molecule has 160 valence electrons. The molecule has 1 aromatic heterocycles. The molecule has 0 bridgehead atoms. The molecule has 1 aliphatic rings. The lowest BCUT2D eigenvalue weighted by Crippen LogP contribution is -2.40. The van der Waals surface area contributed by atoms with E-state index in [-0.39, 0.29) is 18.4 Å². The highest BCUT2D eigenvalue weighted by molar-refractivity contribution is 5.96. The van der Waals surface area contributed by atoms with Gasteiger partial charge in [0.15, 0.2) is 0 Å². The van der Waals surface area contributed by atoms with Crippen molar-refractivity contribution in [3.8, 4) is 0 Å². The first kappa shape index (κ1) is 21.0. The van der Waals surface area contributed by atoms with Crippen LogP contribution in [0.15, 0.2) is 48.5 Å². The number of aryl methyl sites for hydroxylation is 1. The maximum absolute atomic E-state index is 13.2. The van der Waals surface area contributed by atoms with Gasteiger partial charge in [-0.3, -0.25) is 14.6 Å². The van der Waals surface area contributed by atoms with Gasteiger partial charge in [0.2, 0.25) is 0 Å². The first-order valence-electron chi connectivity index (χ1n) is 10.6. The minimum Gasteiger partial charge on any atom is -0.481 e. The van der Waals surface area contributed by atoms with Crippen molar-refractivity contribution in [3.05, 3.63) is 76.5 Å². The fourth-order valence-electron chi connectivity index (χ4n) is 4.38. The first-order chi connectivity index (χ1) is 15.0. The van der Waals surface area contributed by atoms with Crippen molar-refractivity contribution in [1.29, 1.82) is 0 Å². The third-order valence-electron chi connectivity index (χ3n) is 6.07. The Hall–Kier alpha value is -3.25. The number of aliphatic carboxylic acids is 1. The van der Waals surface area contributed by atoms with Gasteiger partial charge in [-0.15, -0.1) is 0 Å². The molecule has 0 saturated carbocycles. The van der Waals surface area contributed by atoms with Crippen LogP contribution in [0.3, 0.4) is 0 Å². The van der Waals surface area contributed by atoms with Crippen LogP contribution in [-0.2, 0) is 17.8 Å². The van der Waals surface area contributed by atoms with E-state index in [4.69, 9.17) is 4.98 Å². The van der Waals surface area contributed by atoms with E-state index in [2.05, 4.69) is 0 Å². The van der Waals surface area contributed by atoms with Gasteiger partial charge in [0.1, 0.15) is 0 Å². The molecular weight excluding hydrogens is 392 g/mol. The number of carboxylic acid groups (broad SMARTS) is 1. The molecule has 31 heavy (non-hydrogen) atoms. The van der Waals surface area contributed by atoms with Gasteiger partial charge in [-0.2, -0.15) is 0 Å². The van der Waals surface area contributed by atoms with Crippen molar-refractivity contribution in [2.24, 2.45) is 5.92 Å². The van der Waals surface area contributed by atoms with Crippen LogP contribution in [0, 0.1) is 12.8 Å². The standard InChI is InChI=1S/C25H26N2O4/c1-16-13-20(15-28)21-8-4-6-19(23(21)26-16)14-18-5-2-3-7-22(18)24(29)27-11-9-17(10-12-27)25(30)31/h2-8,13,17,28H,9-12,14-15H2,1H3,(H,30,31). The average molecular weight is 418 g/mol. The summed E-state index contributed by atoms with van der Waals surface area (Å²) in [6.07, 6.45) is 1.52. The summed E-state index contributed by atoms with van der Waals surface area (Å²) in [5.74, 6) is -1.21. The Morgan fingerprint density at radius 1 is 1.03 bits per heavy atom. The van der Waals surface area contributed by atoms with Gasteiger partial charge in [-0.1, -0.05) is 36.4 Å². The molecule has 1 saturated heterocycles. The Kier molecular flexibility index (Phi) is 6.00. The Labute approximate surface area is 181 Å². The number of nitrogens with zero attached hydrogens (tertiary/aromatic N) is 2. The maximum atomic E-state index is 13.2. The third kappa shape index (κ3) is 4.30. The van der Waals surface area contributed by atoms with Gasteiger partial charge in [0.25, 0.3) is 5.91 Å². The molecule has 1 aliphatic heterocycles. The zero-order chi connectivity index (χ0) is 22.0. The van der Waals surface area contributed by atoms with E-state index in [1.807, 2.05) is 55.5 Å². The second-order valence-electron chi connectivity index (χ2n) is 8.13. The van der Waals surface area contributed by atoms with Crippen molar-refractivity contribution >= 4 is 22.8 Å². The van der Waals surface area contributed by atoms with Gasteiger partial charge in [-0.25, -0.2) is 0 Å². The lowest BCUT2D eigenvalue weighted by atomic mass is 9.94. The third-order valence-corrected chi connectivity index (χ3v) is 6.07. The molecule has 2 aromatic carbocycles. The molecule has 2 N–H and O–H groups in total. The number of rotatable bonds is 5. The van der Waals surface area contributed by atoms with Crippen LogP contribution in [0.1, 0.15) is 45.6 Å². The minimum absolute atomic E-state index is 0.0509. The first-order valence-corrected chi connectivity index (χ1v) is 10.6. The Balaban J connectivity index is 1.64. The van der Waals surface area contributed by atoms with Crippen LogP contribution >= 0.6 is 0 Å². The summed E-state index contributed by atoms with van der Waals surface area (Å²) in [4.78, 5) is 30.9. The predicted octanol–water partition coefficient (Wildman–Crippen LogP) is 3.56. The van der Waals surface area contributed by atoms with Gasteiger partial charge in [-0.05, 0) is 48.6 Å². The molecule has 0 spiro atoms. The number of para-hydroxylation sites is 1. The largest absolute Gasteiger partial charge is 0.481 e. The summed E-state index contributed by atoms with van der Waals surface area (Å²) in [5, 5.41) is 19.9. The van der Waals surface area contributed by atoms with E-state index in [9.17, 15) is 19.8 Å². The van der Waals surface area contributed by atoms with Crippen LogP contribution in [0.4, 0.5) is 0 Å². The zero-order valence-electron chi connectivity index (χ0n) is 17.5. The summed E-state index contributed by atoms with van der Waals surface area (Å²) in [5.41, 5.74) is 5.08. The molecule has 3 aromatic rings. The molecule has 4 rings (SSSR count). The van der Waals surface area contributed by atoms with E-state index in [1.165, 1.54) is 0 Å². The highest BCUT2D eigenvalue weighted by atomic mass is 16.4. The normalized spacial score (nSPS) is 14.7. The van der Waals surface area contributed by atoms with Crippen LogP contribution in [0.25, 0.3) is 10.9 Å². The van der Waals surface area contributed by atoms with Crippen LogP contribution < -0.4 is 0 Å². The second kappa shape index (κ2) is 8.86. The molecule has 1 amide bonds. The number of carbonyl (C=O) groups is 2. The highest BCUT2D eigenvalue weighted by Gasteiger charge is 2.28. The van der Waals surface area contributed by atoms with Gasteiger partial charge in [0, 0.05) is 36.2 Å². The van der Waals surface area contributed by atoms with Crippen molar-refractivity contribution in [1.82, 2.24) is 9.88 Å². The summed E-state index contributed by atoms with van der Waals surface area (Å²) >= 11 is 0. The number of carboxylic acids is 1. The highest BCUT2D eigenvalue weighted by Crippen LogP contribution is 2.26. The second-order valence-corrected chi connectivity index (χ2v) is 8.13. The van der Waals surface area contributed by atoms with Gasteiger partial charge >= 0.3 is 5.97 Å². The van der Waals surface area contributed by atoms with E-state index in [1.54, 1.807) is 4.90 Å². The average Bonchev–Trinajstić information content (AvgIpc) is 2.79. The maximum Gasteiger partial charge on any atom is 0.306 e. The number of amides is 1. The fraction of sp³-hybridized carbons (Fsp3) is 0.320. The summed E-state index contributed by atoms with van der Waals surface area (Å²) in [6, 6.07) is 15.4. The number of piperidine rings is 1. The van der Waals surface area contributed by atoms with Crippen molar-refractivity contribution in [2.45, 2.75) is 32.8 Å². The SMILES string of the molecule is Cc1cc(CO)c2cccc(Cc3ccccc3C(=O)N3CCC(C(=O)O)CC3)c2n1. The number of aliphatic hydroxyl groups is 1. The fourth-order valence-corrected chi connectivity index (χ4v) is 4.38. The minimum atomic E-state index is -0.784. The number of pyridine rings is 1. The van der Waals surface area contributed by atoms with Crippen molar-refractivity contribution < 1.29 is 19.8 Å². The summed E-state index contributed by atoms with van der Waals surface area (Å²) < 4.78 is 0.